The van der Waals surface area contributed by atoms with Crippen molar-refractivity contribution in [2.24, 2.45) is 0 Å². The Labute approximate surface area is 224 Å². The van der Waals surface area contributed by atoms with Crippen molar-refractivity contribution in [1.82, 2.24) is 15.2 Å². The summed E-state index contributed by atoms with van der Waals surface area (Å²) in [5.74, 6) is -1.05. The molecule has 1 aliphatic carbocycles. The van der Waals surface area contributed by atoms with Gasteiger partial charge in [0.15, 0.2) is 0 Å². The molecule has 1 aromatic heterocycles. The minimum absolute atomic E-state index is 0.193. The van der Waals surface area contributed by atoms with Crippen LogP contribution in [-0.4, -0.2) is 71.8 Å². The third-order valence-electron chi connectivity index (χ3n) is 7.07. The van der Waals surface area contributed by atoms with Gasteiger partial charge in [-0.15, -0.1) is 0 Å². The normalized spacial score (nSPS) is 15.5. The standard InChI is InChI=1S/C29H39FN4O4/c30-25-9-2-1-6-22(25)20-27(35)33-26(29(36)37)14-17-34(18-19-38-24-12-13-24)16-4-3-8-23-11-10-21-7-5-15-31-28(21)32-23/h1-2,6,9-11,24,26H,3-5,7-8,12-20H2,(H,31,32)(H,33,35)(H,36,37). The van der Waals surface area contributed by atoms with Crippen molar-refractivity contribution in [3.8, 4) is 0 Å². The second kappa shape index (κ2) is 14.2. The molecule has 206 valence electrons. The maximum Gasteiger partial charge on any atom is 0.326 e. The number of amides is 1. The number of aromatic nitrogens is 1. The molecular formula is C29H39FN4O4. The summed E-state index contributed by atoms with van der Waals surface area (Å²) in [6.07, 6.45) is 7.70. The lowest BCUT2D eigenvalue weighted by atomic mass is 10.1. The molecule has 1 aliphatic heterocycles. The number of carbonyl (C=O) groups excluding carboxylic acids is 1. The van der Waals surface area contributed by atoms with Crippen LogP contribution in [0.1, 0.15) is 55.3 Å². The van der Waals surface area contributed by atoms with E-state index >= 15 is 0 Å². The van der Waals surface area contributed by atoms with E-state index < -0.39 is 23.7 Å². The number of hydrogen-bond donors (Lipinski definition) is 3. The van der Waals surface area contributed by atoms with Crippen molar-refractivity contribution in [2.45, 2.75) is 69.9 Å². The van der Waals surface area contributed by atoms with Crippen molar-refractivity contribution in [2.75, 3.05) is 38.1 Å². The van der Waals surface area contributed by atoms with Gasteiger partial charge in [-0.05, 0) is 81.2 Å². The molecule has 0 radical (unpaired) electrons. The molecule has 2 aromatic rings. The highest BCUT2D eigenvalue weighted by molar-refractivity contribution is 5.84. The largest absolute Gasteiger partial charge is 0.480 e. The first kappa shape index (κ1) is 28.0. The average Bonchev–Trinajstić information content (AvgIpc) is 3.74. The van der Waals surface area contributed by atoms with E-state index in [-0.39, 0.29) is 18.4 Å². The molecule has 1 unspecified atom stereocenters. The number of anilines is 1. The van der Waals surface area contributed by atoms with Crippen molar-refractivity contribution >= 4 is 17.7 Å². The van der Waals surface area contributed by atoms with Crippen LogP contribution < -0.4 is 10.6 Å². The van der Waals surface area contributed by atoms with Crippen molar-refractivity contribution < 1.29 is 23.8 Å². The second-order valence-electron chi connectivity index (χ2n) is 10.2. The number of nitrogens with zero attached hydrogens (tertiary/aromatic N) is 2. The van der Waals surface area contributed by atoms with Gasteiger partial charge in [-0.25, -0.2) is 14.2 Å². The number of carboxylic acids is 1. The van der Waals surface area contributed by atoms with Crippen LogP contribution in [0.15, 0.2) is 36.4 Å². The van der Waals surface area contributed by atoms with Gasteiger partial charge in [-0.3, -0.25) is 4.79 Å². The number of aliphatic carboxylic acids is 1. The van der Waals surface area contributed by atoms with E-state index in [1.807, 2.05) is 0 Å². The minimum Gasteiger partial charge on any atom is -0.480 e. The van der Waals surface area contributed by atoms with Gasteiger partial charge in [0.25, 0.3) is 0 Å². The lowest BCUT2D eigenvalue weighted by Crippen LogP contribution is -2.44. The quantitative estimate of drug-likeness (QED) is 0.287. The smallest absolute Gasteiger partial charge is 0.326 e. The fourth-order valence-corrected chi connectivity index (χ4v) is 4.70. The number of hydrogen-bond acceptors (Lipinski definition) is 6. The highest BCUT2D eigenvalue weighted by atomic mass is 19.1. The molecule has 1 amide bonds. The Morgan fingerprint density at radius 1 is 1.16 bits per heavy atom. The molecule has 2 heterocycles. The summed E-state index contributed by atoms with van der Waals surface area (Å²) in [4.78, 5) is 31.3. The van der Waals surface area contributed by atoms with Crippen LogP contribution >= 0.6 is 0 Å². The van der Waals surface area contributed by atoms with Gasteiger partial charge in [0.05, 0.1) is 19.1 Å². The van der Waals surface area contributed by atoms with Crippen LogP contribution in [0.2, 0.25) is 0 Å². The Kier molecular flexibility index (Phi) is 10.5. The molecular weight excluding hydrogens is 487 g/mol. The summed E-state index contributed by atoms with van der Waals surface area (Å²) < 4.78 is 19.7. The van der Waals surface area contributed by atoms with Gasteiger partial charge in [0.2, 0.25) is 5.91 Å². The zero-order valence-corrected chi connectivity index (χ0v) is 22.0. The van der Waals surface area contributed by atoms with E-state index in [1.165, 1.54) is 17.7 Å². The first-order valence-corrected chi connectivity index (χ1v) is 13.8. The molecule has 0 saturated heterocycles. The third kappa shape index (κ3) is 9.06. The summed E-state index contributed by atoms with van der Waals surface area (Å²) in [5, 5.41) is 15.6. The Morgan fingerprint density at radius 2 is 2.00 bits per heavy atom. The predicted octanol–water partition coefficient (Wildman–Crippen LogP) is 3.58. The SMILES string of the molecule is O=C(Cc1ccccc1F)NC(CCN(CCCCc1ccc2c(n1)NCCC2)CCOC1CC1)C(=O)O. The highest BCUT2D eigenvalue weighted by Crippen LogP contribution is 2.23. The van der Waals surface area contributed by atoms with Crippen LogP contribution in [-0.2, 0) is 33.6 Å². The maximum atomic E-state index is 13.9. The Balaban J connectivity index is 1.24. The van der Waals surface area contributed by atoms with Crippen LogP contribution in [0, 0.1) is 5.82 Å². The van der Waals surface area contributed by atoms with E-state index in [0.717, 1.165) is 69.5 Å². The van der Waals surface area contributed by atoms with Crippen LogP contribution in [0.4, 0.5) is 10.2 Å². The third-order valence-corrected chi connectivity index (χ3v) is 7.07. The summed E-state index contributed by atoms with van der Waals surface area (Å²) in [5.41, 5.74) is 2.62. The summed E-state index contributed by atoms with van der Waals surface area (Å²) in [6.45, 7) is 3.63. The number of pyridine rings is 1. The Hall–Kier alpha value is -3.04. The molecule has 9 heteroatoms. The van der Waals surface area contributed by atoms with Crippen LogP contribution in [0.3, 0.4) is 0 Å². The van der Waals surface area contributed by atoms with Gasteiger partial charge in [0, 0.05) is 25.3 Å². The highest BCUT2D eigenvalue weighted by Gasteiger charge is 2.24. The number of nitrogens with one attached hydrogen (secondary N) is 2. The number of fused-ring (bicyclic) bond motifs is 1. The summed E-state index contributed by atoms with van der Waals surface area (Å²) in [6, 6.07) is 9.29. The number of ether oxygens (including phenoxy) is 1. The van der Waals surface area contributed by atoms with Gasteiger partial charge < -0.3 is 25.4 Å². The van der Waals surface area contributed by atoms with Crippen LogP contribution in [0.5, 0.6) is 0 Å². The van der Waals surface area contributed by atoms with Crippen LogP contribution in [0.25, 0.3) is 0 Å². The van der Waals surface area contributed by atoms with E-state index in [0.29, 0.717) is 25.8 Å². The second-order valence-corrected chi connectivity index (χ2v) is 10.2. The first-order chi connectivity index (χ1) is 18.5. The van der Waals surface area contributed by atoms with E-state index in [4.69, 9.17) is 9.72 Å². The van der Waals surface area contributed by atoms with Crippen molar-refractivity contribution in [3.05, 3.63) is 59.0 Å². The van der Waals surface area contributed by atoms with E-state index in [1.54, 1.807) is 12.1 Å². The van der Waals surface area contributed by atoms with Gasteiger partial charge in [0.1, 0.15) is 17.7 Å². The van der Waals surface area contributed by atoms with Crippen molar-refractivity contribution in [1.29, 1.82) is 0 Å². The average molecular weight is 527 g/mol. The lowest BCUT2D eigenvalue weighted by Gasteiger charge is -2.24. The molecule has 1 atom stereocenters. The van der Waals surface area contributed by atoms with Gasteiger partial charge >= 0.3 is 5.97 Å². The number of benzene rings is 1. The summed E-state index contributed by atoms with van der Waals surface area (Å²) >= 11 is 0. The fraction of sp³-hybridized carbons (Fsp3) is 0.552. The molecule has 4 rings (SSSR count). The number of carbonyl (C=O) groups is 2. The lowest BCUT2D eigenvalue weighted by molar-refractivity contribution is -0.142. The molecule has 2 aliphatic rings. The molecule has 3 N–H and O–H groups in total. The number of halogens is 1. The number of unbranched alkanes of at least 4 members (excludes halogenated alkanes) is 1. The predicted molar refractivity (Wildman–Crippen MR) is 144 cm³/mol. The molecule has 8 nitrogen and oxygen atoms in total. The zero-order chi connectivity index (χ0) is 26.7. The summed E-state index contributed by atoms with van der Waals surface area (Å²) in [7, 11) is 0. The van der Waals surface area contributed by atoms with E-state index in [9.17, 15) is 19.1 Å². The molecule has 0 bridgehead atoms. The molecule has 1 saturated carbocycles. The first-order valence-electron chi connectivity index (χ1n) is 13.8. The number of carboxylic acid groups (broad SMARTS) is 1. The molecule has 0 spiro atoms. The Morgan fingerprint density at radius 3 is 2.79 bits per heavy atom. The topological polar surface area (TPSA) is 104 Å². The molecule has 38 heavy (non-hydrogen) atoms. The number of rotatable bonds is 16. The molecule has 1 fully saturated rings. The number of aryl methyl sites for hydroxylation is 2. The Bertz CT molecular complexity index is 1080. The van der Waals surface area contributed by atoms with E-state index in [2.05, 4.69) is 27.7 Å². The van der Waals surface area contributed by atoms with Gasteiger partial charge in [-0.2, -0.15) is 0 Å². The van der Waals surface area contributed by atoms with Gasteiger partial charge in [-0.1, -0.05) is 24.3 Å². The minimum atomic E-state index is -1.09. The van der Waals surface area contributed by atoms with Crippen molar-refractivity contribution in [3.63, 3.8) is 0 Å². The monoisotopic (exact) mass is 526 g/mol. The zero-order valence-electron chi connectivity index (χ0n) is 22.0. The maximum absolute atomic E-state index is 13.9. The molecule has 1 aromatic carbocycles. The fourth-order valence-electron chi connectivity index (χ4n) is 4.70.